The number of aryl methyl sites for hydroxylation is 1. The second-order valence-corrected chi connectivity index (χ2v) is 4.38. The van der Waals surface area contributed by atoms with E-state index >= 15 is 0 Å². The molecule has 0 amide bonds. The van der Waals surface area contributed by atoms with Gasteiger partial charge in [-0.2, -0.15) is 0 Å². The molecule has 0 fully saturated rings. The highest BCUT2D eigenvalue weighted by Gasteiger charge is 2.09. The van der Waals surface area contributed by atoms with Crippen molar-refractivity contribution in [3.05, 3.63) is 39.6 Å². The first-order chi connectivity index (χ1) is 7.63. The first-order valence-corrected chi connectivity index (χ1v) is 5.57. The lowest BCUT2D eigenvalue weighted by molar-refractivity contribution is 0.111. The first kappa shape index (κ1) is 11.0. The smallest absolute Gasteiger partial charge is 0.172 e. The summed E-state index contributed by atoms with van der Waals surface area (Å²) in [7, 11) is 0. The standard InChI is InChI=1S/C11H10BrN3O/c1-7-3-4-9(5-10(7)12)15-8(2)11(6-16)13-14-15/h3-6H,1-2H3. The minimum absolute atomic E-state index is 0.372. The Balaban J connectivity index is 2.54. The van der Waals surface area contributed by atoms with Crippen molar-refractivity contribution < 1.29 is 4.79 Å². The van der Waals surface area contributed by atoms with Gasteiger partial charge in [-0.25, -0.2) is 4.68 Å². The van der Waals surface area contributed by atoms with Crippen molar-refractivity contribution in [2.75, 3.05) is 0 Å². The second-order valence-electron chi connectivity index (χ2n) is 3.52. The number of carbonyl (C=O) groups is 1. The molecule has 0 aliphatic heterocycles. The van der Waals surface area contributed by atoms with E-state index in [2.05, 4.69) is 26.2 Å². The summed E-state index contributed by atoms with van der Waals surface area (Å²) in [6.45, 7) is 3.83. The normalized spacial score (nSPS) is 10.4. The third-order valence-corrected chi connectivity index (χ3v) is 3.30. The van der Waals surface area contributed by atoms with Crippen molar-refractivity contribution in [2.24, 2.45) is 0 Å². The molecule has 0 aliphatic rings. The quantitative estimate of drug-likeness (QED) is 0.794. The van der Waals surface area contributed by atoms with E-state index in [1.54, 1.807) is 4.68 Å². The second kappa shape index (κ2) is 4.17. The van der Waals surface area contributed by atoms with Gasteiger partial charge in [0.05, 0.1) is 11.4 Å². The molecule has 1 aromatic heterocycles. The molecule has 2 rings (SSSR count). The van der Waals surface area contributed by atoms with Crippen LogP contribution in [-0.4, -0.2) is 21.3 Å². The predicted octanol–water partition coefficient (Wildman–Crippen LogP) is 2.46. The van der Waals surface area contributed by atoms with Crippen molar-refractivity contribution in [2.45, 2.75) is 13.8 Å². The maximum absolute atomic E-state index is 10.7. The molecule has 0 bridgehead atoms. The topological polar surface area (TPSA) is 47.8 Å². The molecule has 2 aromatic rings. The Hall–Kier alpha value is -1.49. The van der Waals surface area contributed by atoms with E-state index in [1.165, 1.54) is 0 Å². The Kier molecular flexibility index (Phi) is 2.87. The van der Waals surface area contributed by atoms with Gasteiger partial charge in [-0.3, -0.25) is 4.79 Å². The molecule has 0 atom stereocenters. The lowest BCUT2D eigenvalue weighted by Gasteiger charge is -2.05. The number of benzene rings is 1. The Morgan fingerprint density at radius 1 is 1.38 bits per heavy atom. The minimum atomic E-state index is 0.372. The maximum atomic E-state index is 10.7. The van der Waals surface area contributed by atoms with Gasteiger partial charge in [0, 0.05) is 4.47 Å². The molecule has 82 valence electrons. The number of hydrogen-bond donors (Lipinski definition) is 0. The van der Waals surface area contributed by atoms with Gasteiger partial charge in [0.25, 0.3) is 0 Å². The number of aldehydes is 1. The largest absolute Gasteiger partial charge is 0.296 e. The van der Waals surface area contributed by atoms with Crippen LogP contribution < -0.4 is 0 Å². The molecule has 0 saturated carbocycles. The number of hydrogen-bond acceptors (Lipinski definition) is 3. The van der Waals surface area contributed by atoms with Crippen molar-refractivity contribution >= 4 is 22.2 Å². The number of halogens is 1. The Bertz CT molecular complexity index is 548. The van der Waals surface area contributed by atoms with Crippen LogP contribution in [0.25, 0.3) is 5.69 Å². The van der Waals surface area contributed by atoms with E-state index in [1.807, 2.05) is 32.0 Å². The van der Waals surface area contributed by atoms with Gasteiger partial charge in [0.2, 0.25) is 0 Å². The van der Waals surface area contributed by atoms with Crippen LogP contribution in [0.5, 0.6) is 0 Å². The summed E-state index contributed by atoms with van der Waals surface area (Å²) >= 11 is 3.46. The van der Waals surface area contributed by atoms with Gasteiger partial charge in [-0.1, -0.05) is 27.2 Å². The molecule has 16 heavy (non-hydrogen) atoms. The van der Waals surface area contributed by atoms with Crippen molar-refractivity contribution in [3.63, 3.8) is 0 Å². The number of carbonyl (C=O) groups excluding carboxylic acids is 1. The first-order valence-electron chi connectivity index (χ1n) is 4.77. The molecular formula is C11H10BrN3O. The van der Waals surface area contributed by atoms with Gasteiger partial charge in [-0.05, 0) is 31.5 Å². The number of aromatic nitrogens is 3. The van der Waals surface area contributed by atoms with E-state index < -0.39 is 0 Å². The molecule has 0 saturated heterocycles. The van der Waals surface area contributed by atoms with Crippen LogP contribution in [0, 0.1) is 13.8 Å². The Morgan fingerprint density at radius 3 is 2.69 bits per heavy atom. The molecule has 1 aromatic carbocycles. The number of nitrogens with zero attached hydrogens (tertiary/aromatic N) is 3. The Morgan fingerprint density at radius 2 is 2.12 bits per heavy atom. The zero-order valence-electron chi connectivity index (χ0n) is 8.94. The van der Waals surface area contributed by atoms with Gasteiger partial charge < -0.3 is 0 Å². The fraction of sp³-hybridized carbons (Fsp3) is 0.182. The lowest BCUT2D eigenvalue weighted by atomic mass is 10.2. The van der Waals surface area contributed by atoms with Gasteiger partial charge >= 0.3 is 0 Å². The van der Waals surface area contributed by atoms with Gasteiger partial charge in [0.1, 0.15) is 5.69 Å². The predicted molar refractivity (Wildman–Crippen MR) is 63.9 cm³/mol. The van der Waals surface area contributed by atoms with E-state index in [4.69, 9.17) is 0 Å². The van der Waals surface area contributed by atoms with Crippen LogP contribution in [0.15, 0.2) is 22.7 Å². The van der Waals surface area contributed by atoms with Crippen LogP contribution in [0.3, 0.4) is 0 Å². The summed E-state index contributed by atoms with van der Waals surface area (Å²) in [6.07, 6.45) is 0.710. The summed E-state index contributed by atoms with van der Waals surface area (Å²) in [5.74, 6) is 0. The molecule has 4 nitrogen and oxygen atoms in total. The maximum Gasteiger partial charge on any atom is 0.172 e. The fourth-order valence-corrected chi connectivity index (χ4v) is 1.78. The zero-order chi connectivity index (χ0) is 11.7. The van der Waals surface area contributed by atoms with E-state index in [0.717, 1.165) is 21.4 Å². The van der Waals surface area contributed by atoms with E-state index in [9.17, 15) is 4.79 Å². The third kappa shape index (κ3) is 1.78. The van der Waals surface area contributed by atoms with Gasteiger partial charge in [0.15, 0.2) is 6.29 Å². The SMILES string of the molecule is Cc1ccc(-n2nnc(C=O)c2C)cc1Br. The lowest BCUT2D eigenvalue weighted by Crippen LogP contribution is -1.99. The van der Waals surface area contributed by atoms with Crippen LogP contribution in [0.1, 0.15) is 21.7 Å². The van der Waals surface area contributed by atoms with Crippen LogP contribution in [0.2, 0.25) is 0 Å². The zero-order valence-corrected chi connectivity index (χ0v) is 10.5. The monoisotopic (exact) mass is 279 g/mol. The molecule has 0 radical (unpaired) electrons. The summed E-state index contributed by atoms with van der Waals surface area (Å²) in [6, 6.07) is 5.88. The molecule has 0 spiro atoms. The molecule has 0 N–H and O–H groups in total. The average Bonchev–Trinajstić information content (AvgIpc) is 2.64. The minimum Gasteiger partial charge on any atom is -0.296 e. The van der Waals surface area contributed by atoms with Crippen molar-refractivity contribution in [1.29, 1.82) is 0 Å². The molecular weight excluding hydrogens is 270 g/mol. The summed E-state index contributed by atoms with van der Waals surface area (Å²) < 4.78 is 2.65. The fourth-order valence-electron chi connectivity index (χ4n) is 1.41. The third-order valence-electron chi connectivity index (χ3n) is 2.44. The summed E-state index contributed by atoms with van der Waals surface area (Å²) in [5.41, 5.74) is 3.15. The van der Waals surface area contributed by atoms with Crippen LogP contribution in [0.4, 0.5) is 0 Å². The van der Waals surface area contributed by atoms with Crippen LogP contribution >= 0.6 is 15.9 Å². The highest BCUT2D eigenvalue weighted by molar-refractivity contribution is 9.10. The Labute approximate surface area is 101 Å². The summed E-state index contributed by atoms with van der Waals surface area (Å²) in [4.78, 5) is 10.7. The molecule has 0 unspecified atom stereocenters. The highest BCUT2D eigenvalue weighted by Crippen LogP contribution is 2.20. The van der Waals surface area contributed by atoms with E-state index in [-0.39, 0.29) is 0 Å². The van der Waals surface area contributed by atoms with Crippen molar-refractivity contribution in [1.82, 2.24) is 15.0 Å². The van der Waals surface area contributed by atoms with Crippen molar-refractivity contribution in [3.8, 4) is 5.69 Å². The average molecular weight is 280 g/mol. The highest BCUT2D eigenvalue weighted by atomic mass is 79.9. The van der Waals surface area contributed by atoms with Gasteiger partial charge in [-0.15, -0.1) is 5.10 Å². The molecule has 5 heteroatoms. The van der Waals surface area contributed by atoms with E-state index in [0.29, 0.717) is 12.0 Å². The van der Waals surface area contributed by atoms with Crippen LogP contribution in [-0.2, 0) is 0 Å². The summed E-state index contributed by atoms with van der Waals surface area (Å²) in [5, 5.41) is 7.73. The molecule has 0 aliphatic carbocycles. The molecule has 1 heterocycles. The number of rotatable bonds is 2.